The molecule has 0 saturated carbocycles. The highest BCUT2D eigenvalue weighted by Crippen LogP contribution is 2.29. The quantitative estimate of drug-likeness (QED) is 0.645. The average Bonchev–Trinajstić information content (AvgIpc) is 2.37. The first-order valence-electron chi connectivity index (χ1n) is 5.50. The van der Waals surface area contributed by atoms with E-state index in [2.05, 4.69) is 5.43 Å². The van der Waals surface area contributed by atoms with E-state index in [-0.39, 0.29) is 6.04 Å². The highest BCUT2D eigenvalue weighted by molar-refractivity contribution is 6.32. The Morgan fingerprint density at radius 3 is 2.41 bits per heavy atom. The lowest BCUT2D eigenvalue weighted by Gasteiger charge is -2.19. The van der Waals surface area contributed by atoms with Crippen molar-refractivity contribution in [3.8, 4) is 0 Å². The Kier molecular flexibility index (Phi) is 3.79. The lowest BCUT2D eigenvalue weighted by atomic mass is 9.98. The fourth-order valence-corrected chi connectivity index (χ4v) is 2.14. The zero-order valence-electron chi connectivity index (χ0n) is 9.65. The van der Waals surface area contributed by atoms with Crippen molar-refractivity contribution in [1.29, 1.82) is 0 Å². The first-order valence-corrected chi connectivity index (χ1v) is 5.88. The molecule has 0 aliphatic rings. The largest absolute Gasteiger partial charge is 0.271 e. The molecule has 0 amide bonds. The third-order valence-corrected chi connectivity index (χ3v) is 3.35. The highest BCUT2D eigenvalue weighted by Gasteiger charge is 2.15. The van der Waals surface area contributed by atoms with Crippen LogP contribution in [-0.2, 0) is 0 Å². The molecular weight excluding hydrogens is 232 g/mol. The van der Waals surface area contributed by atoms with Crippen molar-refractivity contribution in [1.82, 2.24) is 5.43 Å². The van der Waals surface area contributed by atoms with Gasteiger partial charge < -0.3 is 0 Å². The van der Waals surface area contributed by atoms with Crippen molar-refractivity contribution >= 4 is 11.6 Å². The Bertz CT molecular complexity index is 497. The molecular formula is C14H15ClN2. The maximum Gasteiger partial charge on any atom is 0.0724 e. The Labute approximate surface area is 106 Å². The van der Waals surface area contributed by atoms with Crippen molar-refractivity contribution in [3.05, 3.63) is 70.2 Å². The van der Waals surface area contributed by atoms with Crippen LogP contribution in [0.4, 0.5) is 0 Å². The Morgan fingerprint density at radius 2 is 1.76 bits per heavy atom. The molecule has 0 aliphatic carbocycles. The summed E-state index contributed by atoms with van der Waals surface area (Å²) in [6.45, 7) is 1.99. The number of hydrogen-bond acceptors (Lipinski definition) is 2. The summed E-state index contributed by atoms with van der Waals surface area (Å²) in [5, 5.41) is 0.763. The van der Waals surface area contributed by atoms with Gasteiger partial charge in [-0.15, -0.1) is 0 Å². The fraction of sp³-hybridized carbons (Fsp3) is 0.143. The number of rotatable bonds is 3. The number of benzene rings is 2. The summed E-state index contributed by atoms with van der Waals surface area (Å²) in [6.07, 6.45) is 0. The molecule has 88 valence electrons. The van der Waals surface area contributed by atoms with Crippen molar-refractivity contribution in [2.75, 3.05) is 0 Å². The van der Waals surface area contributed by atoms with Crippen LogP contribution in [0.3, 0.4) is 0 Å². The number of hydrogen-bond donors (Lipinski definition) is 2. The third-order valence-electron chi connectivity index (χ3n) is 2.83. The first kappa shape index (κ1) is 12.1. The molecule has 0 bridgehead atoms. The molecule has 3 heteroatoms. The van der Waals surface area contributed by atoms with E-state index in [0.29, 0.717) is 0 Å². The second-order valence-electron chi connectivity index (χ2n) is 3.99. The lowest BCUT2D eigenvalue weighted by molar-refractivity contribution is 0.637. The number of hydrazine groups is 1. The summed E-state index contributed by atoms with van der Waals surface area (Å²) in [5.41, 5.74) is 5.97. The lowest BCUT2D eigenvalue weighted by Crippen LogP contribution is -2.29. The molecule has 0 fully saturated rings. The van der Waals surface area contributed by atoms with E-state index in [4.69, 9.17) is 17.4 Å². The van der Waals surface area contributed by atoms with Crippen LogP contribution in [0, 0.1) is 6.92 Å². The van der Waals surface area contributed by atoms with Crippen LogP contribution >= 0.6 is 11.6 Å². The van der Waals surface area contributed by atoms with E-state index in [1.807, 2.05) is 55.5 Å². The second-order valence-corrected chi connectivity index (χ2v) is 4.37. The van der Waals surface area contributed by atoms with Gasteiger partial charge in [-0.2, -0.15) is 0 Å². The Balaban J connectivity index is 2.46. The van der Waals surface area contributed by atoms with Gasteiger partial charge in [0.15, 0.2) is 0 Å². The molecule has 0 aromatic heterocycles. The molecule has 2 aromatic carbocycles. The maximum atomic E-state index is 6.32. The molecule has 3 N–H and O–H groups in total. The van der Waals surface area contributed by atoms with Crippen molar-refractivity contribution in [2.24, 2.45) is 5.84 Å². The van der Waals surface area contributed by atoms with Crippen LogP contribution in [0.15, 0.2) is 48.5 Å². The summed E-state index contributed by atoms with van der Waals surface area (Å²) in [4.78, 5) is 0. The molecule has 17 heavy (non-hydrogen) atoms. The molecule has 1 unspecified atom stereocenters. The highest BCUT2D eigenvalue weighted by atomic mass is 35.5. The van der Waals surface area contributed by atoms with Crippen LogP contribution in [0.25, 0.3) is 0 Å². The van der Waals surface area contributed by atoms with Crippen LogP contribution in [-0.4, -0.2) is 0 Å². The molecule has 0 aliphatic heterocycles. The van der Waals surface area contributed by atoms with E-state index in [1.54, 1.807) is 0 Å². The SMILES string of the molecule is Cc1cccc(C(NN)c2ccccc2)c1Cl. The third kappa shape index (κ3) is 2.50. The van der Waals surface area contributed by atoms with Gasteiger partial charge in [0, 0.05) is 5.02 Å². The Morgan fingerprint density at radius 1 is 1.06 bits per heavy atom. The molecule has 0 spiro atoms. The van der Waals surface area contributed by atoms with Gasteiger partial charge in [0.1, 0.15) is 0 Å². The summed E-state index contributed by atoms with van der Waals surface area (Å²) in [6, 6.07) is 15.9. The summed E-state index contributed by atoms with van der Waals surface area (Å²) >= 11 is 6.32. The monoisotopic (exact) mass is 246 g/mol. The molecule has 0 heterocycles. The summed E-state index contributed by atoms with van der Waals surface area (Å²) < 4.78 is 0. The first-order chi connectivity index (χ1) is 8.24. The number of aryl methyl sites for hydroxylation is 1. The van der Waals surface area contributed by atoms with Crippen molar-refractivity contribution in [3.63, 3.8) is 0 Å². The Hall–Kier alpha value is -1.35. The van der Waals surface area contributed by atoms with Crippen LogP contribution in [0.5, 0.6) is 0 Å². The van der Waals surface area contributed by atoms with Crippen molar-refractivity contribution in [2.45, 2.75) is 13.0 Å². The van der Waals surface area contributed by atoms with Gasteiger partial charge in [0.2, 0.25) is 0 Å². The van der Waals surface area contributed by atoms with Gasteiger partial charge in [0.25, 0.3) is 0 Å². The predicted octanol–water partition coefficient (Wildman–Crippen LogP) is 3.20. The molecule has 0 radical (unpaired) electrons. The zero-order chi connectivity index (χ0) is 12.3. The molecule has 0 saturated heterocycles. The van der Waals surface area contributed by atoms with Gasteiger partial charge >= 0.3 is 0 Å². The van der Waals surface area contributed by atoms with Gasteiger partial charge in [0.05, 0.1) is 6.04 Å². The van der Waals surface area contributed by atoms with E-state index in [0.717, 1.165) is 21.7 Å². The van der Waals surface area contributed by atoms with E-state index in [1.165, 1.54) is 0 Å². The van der Waals surface area contributed by atoms with E-state index >= 15 is 0 Å². The average molecular weight is 247 g/mol. The minimum Gasteiger partial charge on any atom is -0.271 e. The predicted molar refractivity (Wildman–Crippen MR) is 71.8 cm³/mol. The molecule has 2 aromatic rings. The smallest absolute Gasteiger partial charge is 0.0724 e. The van der Waals surface area contributed by atoms with Gasteiger partial charge in [-0.1, -0.05) is 60.1 Å². The number of nitrogens with one attached hydrogen (secondary N) is 1. The fourth-order valence-electron chi connectivity index (χ4n) is 1.90. The standard InChI is InChI=1S/C14H15ClN2/c1-10-6-5-9-12(13(10)15)14(17-16)11-7-3-2-4-8-11/h2-9,14,17H,16H2,1H3. The van der Waals surface area contributed by atoms with Crippen LogP contribution in [0.1, 0.15) is 22.7 Å². The van der Waals surface area contributed by atoms with Crippen molar-refractivity contribution < 1.29 is 0 Å². The molecule has 1 atom stereocenters. The maximum absolute atomic E-state index is 6.32. The van der Waals surface area contributed by atoms with Crippen LogP contribution < -0.4 is 11.3 Å². The normalized spacial score (nSPS) is 12.4. The van der Waals surface area contributed by atoms with Crippen LogP contribution in [0.2, 0.25) is 5.02 Å². The van der Waals surface area contributed by atoms with Gasteiger partial charge in [-0.05, 0) is 23.6 Å². The number of halogens is 1. The topological polar surface area (TPSA) is 38.0 Å². The second kappa shape index (κ2) is 5.32. The number of nitrogens with two attached hydrogens (primary N) is 1. The summed E-state index contributed by atoms with van der Waals surface area (Å²) in [7, 11) is 0. The van der Waals surface area contributed by atoms with Gasteiger partial charge in [-0.25, -0.2) is 5.43 Å². The zero-order valence-corrected chi connectivity index (χ0v) is 10.4. The van der Waals surface area contributed by atoms with E-state index < -0.39 is 0 Å². The van der Waals surface area contributed by atoms with Gasteiger partial charge in [-0.3, -0.25) is 5.84 Å². The summed E-state index contributed by atoms with van der Waals surface area (Å²) in [5.74, 6) is 5.65. The minimum absolute atomic E-state index is 0.0800. The minimum atomic E-state index is -0.0800. The molecule has 2 nitrogen and oxygen atoms in total. The van der Waals surface area contributed by atoms with E-state index in [9.17, 15) is 0 Å². The molecule has 2 rings (SSSR count).